The van der Waals surface area contributed by atoms with Crippen molar-refractivity contribution in [2.45, 2.75) is 111 Å². The predicted octanol–water partition coefficient (Wildman–Crippen LogP) is 7.48. The number of esters is 1. The number of fused-ring (bicyclic) bond motifs is 5. The third kappa shape index (κ3) is 4.88. The van der Waals surface area contributed by atoms with Crippen LogP contribution < -0.4 is 0 Å². The normalized spacial score (nSPS) is 40.1. The number of ether oxygens (including phenoxy) is 1. The second kappa shape index (κ2) is 10.7. The molecule has 10 atom stereocenters. The van der Waals surface area contributed by atoms with Crippen LogP contribution in [0.25, 0.3) is 0 Å². The minimum absolute atomic E-state index is 0.0793. The summed E-state index contributed by atoms with van der Waals surface area (Å²) in [6, 6.07) is 9.32. The Morgan fingerprint density at radius 1 is 0.974 bits per heavy atom. The van der Waals surface area contributed by atoms with Crippen LogP contribution in [-0.2, 0) is 9.53 Å². The van der Waals surface area contributed by atoms with E-state index in [1.54, 1.807) is 0 Å². The van der Waals surface area contributed by atoms with Gasteiger partial charge < -0.3 is 9.84 Å². The lowest BCUT2D eigenvalue weighted by molar-refractivity contribution is -0.160. The molecule has 0 saturated heterocycles. The molecule has 0 aliphatic heterocycles. The molecule has 1 N–H and O–H groups in total. The highest BCUT2D eigenvalue weighted by molar-refractivity contribution is 5.89. The maximum atomic E-state index is 13.7. The summed E-state index contributed by atoms with van der Waals surface area (Å²) in [7, 11) is 0. The Labute approximate surface area is 230 Å². The number of benzene rings is 1. The minimum atomic E-state index is -0.221. The highest BCUT2D eigenvalue weighted by Crippen LogP contribution is 2.67. The quantitative estimate of drug-likeness (QED) is 0.377. The largest absolute Gasteiger partial charge is 0.459 e. The van der Waals surface area contributed by atoms with E-state index in [0.717, 1.165) is 32.1 Å². The zero-order valence-corrected chi connectivity index (χ0v) is 24.3. The van der Waals surface area contributed by atoms with Crippen LogP contribution in [0.4, 0.5) is 0 Å². The molecule has 4 saturated carbocycles. The molecule has 5 rings (SSSR count). The number of hydrogen-bond acceptors (Lipinski definition) is 4. The van der Waals surface area contributed by atoms with Crippen LogP contribution in [0, 0.1) is 52.3 Å². The summed E-state index contributed by atoms with van der Waals surface area (Å²) in [6.07, 6.45) is 9.91. The first-order valence-electron chi connectivity index (χ1n) is 15.5. The van der Waals surface area contributed by atoms with Crippen molar-refractivity contribution < 1.29 is 19.4 Å². The maximum absolute atomic E-state index is 13.7. The van der Waals surface area contributed by atoms with Crippen LogP contribution >= 0.6 is 0 Å². The Morgan fingerprint density at radius 2 is 1.66 bits per heavy atom. The number of aliphatic hydroxyl groups excluding tert-OH is 1. The maximum Gasteiger partial charge on any atom is 0.338 e. The lowest BCUT2D eigenvalue weighted by Crippen LogP contribution is -2.57. The van der Waals surface area contributed by atoms with Gasteiger partial charge in [-0.25, -0.2) is 4.79 Å². The molecule has 210 valence electrons. The number of ketones is 1. The number of Topliss-reactive ketones (excluding diaryl/α,β-unsaturated/α-hetero) is 1. The van der Waals surface area contributed by atoms with Crippen LogP contribution in [0.5, 0.6) is 0 Å². The van der Waals surface area contributed by atoms with Gasteiger partial charge in [0.15, 0.2) is 0 Å². The molecule has 0 radical (unpaired) electrons. The van der Waals surface area contributed by atoms with Gasteiger partial charge in [-0.1, -0.05) is 52.8 Å². The first kappa shape index (κ1) is 27.9. The van der Waals surface area contributed by atoms with Crippen LogP contribution in [-0.4, -0.2) is 29.1 Å². The van der Waals surface area contributed by atoms with Crippen LogP contribution in [0.2, 0.25) is 0 Å². The molecule has 1 aromatic carbocycles. The fourth-order valence-electron chi connectivity index (χ4n) is 9.82. The van der Waals surface area contributed by atoms with Gasteiger partial charge >= 0.3 is 5.97 Å². The van der Waals surface area contributed by atoms with Crippen molar-refractivity contribution in [3.8, 4) is 0 Å². The van der Waals surface area contributed by atoms with Crippen molar-refractivity contribution in [2.75, 3.05) is 0 Å². The standard InChI is InChI=1S/C34H50O4/c1-21(2)30(38-32(37)23-9-7-6-8-10-23)14-11-22(3)26-12-13-27-31-28(16-18-34(26,27)5)33(4)17-15-25(35)19-24(33)20-29(31)36/h6-10,21-22,24-28,30-31,35H,11-20H2,1-5H3/t22-,24?,25+,26-,27+,28+,30-,31+,33+,34-/m1/s1. The van der Waals surface area contributed by atoms with Gasteiger partial charge in [0.2, 0.25) is 0 Å². The summed E-state index contributed by atoms with van der Waals surface area (Å²) in [5.41, 5.74) is 1.06. The van der Waals surface area contributed by atoms with Gasteiger partial charge in [0.1, 0.15) is 11.9 Å². The van der Waals surface area contributed by atoms with Crippen molar-refractivity contribution in [3.63, 3.8) is 0 Å². The highest BCUT2D eigenvalue weighted by atomic mass is 16.5. The molecule has 0 heterocycles. The Balaban J connectivity index is 1.25. The Hall–Kier alpha value is -1.68. The van der Waals surface area contributed by atoms with E-state index in [-0.39, 0.29) is 40.8 Å². The average molecular weight is 523 g/mol. The number of rotatable bonds is 7. The highest BCUT2D eigenvalue weighted by Gasteiger charge is 2.63. The minimum Gasteiger partial charge on any atom is -0.459 e. The molecule has 4 aliphatic rings. The van der Waals surface area contributed by atoms with E-state index in [1.807, 2.05) is 30.3 Å². The van der Waals surface area contributed by atoms with E-state index >= 15 is 0 Å². The fraction of sp³-hybridized carbons (Fsp3) is 0.765. The number of aliphatic hydroxyl groups is 1. The number of carbonyl (C=O) groups excluding carboxylic acids is 2. The third-order valence-corrected chi connectivity index (χ3v) is 12.1. The van der Waals surface area contributed by atoms with Crippen LogP contribution in [0.1, 0.15) is 109 Å². The molecule has 4 nitrogen and oxygen atoms in total. The second-order valence-corrected chi connectivity index (χ2v) is 14.4. The van der Waals surface area contributed by atoms with Gasteiger partial charge in [-0.2, -0.15) is 0 Å². The average Bonchev–Trinajstić information content (AvgIpc) is 3.24. The van der Waals surface area contributed by atoms with Gasteiger partial charge in [0, 0.05) is 12.3 Å². The molecule has 4 heteroatoms. The second-order valence-electron chi connectivity index (χ2n) is 14.4. The topological polar surface area (TPSA) is 63.6 Å². The fourth-order valence-corrected chi connectivity index (χ4v) is 9.82. The van der Waals surface area contributed by atoms with Gasteiger partial charge in [-0.3, -0.25) is 4.79 Å². The number of carbonyl (C=O) groups is 2. The summed E-state index contributed by atoms with van der Waals surface area (Å²) < 4.78 is 6.00. The smallest absolute Gasteiger partial charge is 0.338 e. The van der Waals surface area contributed by atoms with Crippen molar-refractivity contribution in [1.29, 1.82) is 0 Å². The summed E-state index contributed by atoms with van der Waals surface area (Å²) in [6.45, 7) is 11.7. The van der Waals surface area contributed by atoms with Crippen molar-refractivity contribution in [1.82, 2.24) is 0 Å². The molecule has 4 fully saturated rings. The monoisotopic (exact) mass is 522 g/mol. The van der Waals surface area contributed by atoms with Crippen molar-refractivity contribution in [3.05, 3.63) is 35.9 Å². The summed E-state index contributed by atoms with van der Waals surface area (Å²) in [4.78, 5) is 26.4. The van der Waals surface area contributed by atoms with Gasteiger partial charge in [-0.15, -0.1) is 0 Å². The van der Waals surface area contributed by atoms with E-state index < -0.39 is 0 Å². The van der Waals surface area contributed by atoms with E-state index in [9.17, 15) is 14.7 Å². The molecule has 0 amide bonds. The Morgan fingerprint density at radius 3 is 2.37 bits per heavy atom. The van der Waals surface area contributed by atoms with Gasteiger partial charge in [-0.05, 0) is 116 Å². The Kier molecular flexibility index (Phi) is 7.86. The molecular formula is C34H50O4. The lowest BCUT2D eigenvalue weighted by Gasteiger charge is -2.60. The summed E-state index contributed by atoms with van der Waals surface area (Å²) in [5.74, 6) is 3.32. The molecule has 38 heavy (non-hydrogen) atoms. The molecule has 1 unspecified atom stereocenters. The predicted molar refractivity (Wildman–Crippen MR) is 150 cm³/mol. The van der Waals surface area contributed by atoms with E-state index in [2.05, 4.69) is 34.6 Å². The van der Waals surface area contributed by atoms with Crippen molar-refractivity contribution >= 4 is 11.8 Å². The van der Waals surface area contributed by atoms with Gasteiger partial charge in [0.25, 0.3) is 0 Å². The Bertz CT molecular complexity index is 1000. The first-order chi connectivity index (χ1) is 18.0. The molecule has 4 aliphatic carbocycles. The zero-order valence-electron chi connectivity index (χ0n) is 24.3. The third-order valence-electron chi connectivity index (χ3n) is 12.1. The van der Waals surface area contributed by atoms with Crippen LogP contribution in [0.3, 0.4) is 0 Å². The van der Waals surface area contributed by atoms with Gasteiger partial charge in [0.05, 0.1) is 11.7 Å². The first-order valence-corrected chi connectivity index (χ1v) is 15.5. The summed E-state index contributed by atoms with van der Waals surface area (Å²) in [5, 5.41) is 10.3. The molecule has 1 aromatic rings. The molecule has 0 spiro atoms. The summed E-state index contributed by atoms with van der Waals surface area (Å²) >= 11 is 0. The number of hydrogen-bond donors (Lipinski definition) is 1. The zero-order chi connectivity index (χ0) is 27.2. The molecule has 0 bridgehead atoms. The molecular weight excluding hydrogens is 472 g/mol. The lowest BCUT2D eigenvalue weighted by atomic mass is 9.44. The van der Waals surface area contributed by atoms with Crippen molar-refractivity contribution in [2.24, 2.45) is 52.3 Å². The SMILES string of the molecule is CC(C)[C@@H](CC[C@@H](C)[C@H]1CC[C@H]2[C@@H]3C(=O)CC4C[C@@H](O)CC[C@]4(C)[C@H]3CC[C@]12C)OC(=O)c1ccccc1. The van der Waals surface area contributed by atoms with E-state index in [0.29, 0.717) is 47.4 Å². The van der Waals surface area contributed by atoms with E-state index in [4.69, 9.17) is 4.74 Å². The molecule has 0 aromatic heterocycles. The van der Waals surface area contributed by atoms with E-state index in [1.165, 1.54) is 25.7 Å². The van der Waals surface area contributed by atoms with Crippen LogP contribution in [0.15, 0.2) is 30.3 Å².